The van der Waals surface area contributed by atoms with Crippen LogP contribution in [-0.4, -0.2) is 36.6 Å². The van der Waals surface area contributed by atoms with Crippen LogP contribution in [0.1, 0.15) is 93.9 Å². The molecule has 0 aromatic carbocycles. The number of ether oxygens (including phenoxy) is 3. The van der Waals surface area contributed by atoms with E-state index in [2.05, 4.69) is 55.4 Å². The molecule has 0 radical (unpaired) electrons. The number of rotatable bonds is 5. The van der Waals surface area contributed by atoms with Crippen LogP contribution in [0.4, 0.5) is 0 Å². The highest BCUT2D eigenvalue weighted by molar-refractivity contribution is 4.97. The molecule has 0 amide bonds. The maximum absolute atomic E-state index is 6.76. The molecule has 3 fully saturated rings. The molecule has 3 heteroatoms. The average Bonchev–Trinajstić information content (AvgIpc) is 2.63. The van der Waals surface area contributed by atoms with Crippen molar-refractivity contribution in [1.29, 1.82) is 0 Å². The lowest BCUT2D eigenvalue weighted by molar-refractivity contribution is -0.251. The first-order valence-electron chi connectivity index (χ1n) is 12.1. The van der Waals surface area contributed by atoms with Gasteiger partial charge < -0.3 is 14.2 Å². The monoisotopic (exact) mass is 394 g/mol. The fourth-order valence-electron chi connectivity index (χ4n) is 5.98. The van der Waals surface area contributed by atoms with Gasteiger partial charge in [0, 0.05) is 6.42 Å². The van der Waals surface area contributed by atoms with Gasteiger partial charge in [-0.1, -0.05) is 61.8 Å². The van der Waals surface area contributed by atoms with Crippen molar-refractivity contribution < 1.29 is 14.2 Å². The van der Waals surface area contributed by atoms with Gasteiger partial charge in [-0.25, -0.2) is 0 Å². The second kappa shape index (κ2) is 8.94. The Hall–Kier alpha value is -0.120. The van der Waals surface area contributed by atoms with Gasteiger partial charge in [-0.3, -0.25) is 0 Å². The first-order chi connectivity index (χ1) is 13.2. The van der Waals surface area contributed by atoms with E-state index in [4.69, 9.17) is 14.2 Å². The molecule has 0 saturated carbocycles. The van der Waals surface area contributed by atoms with Gasteiger partial charge in [0.1, 0.15) is 0 Å². The van der Waals surface area contributed by atoms with Gasteiger partial charge in [0.25, 0.3) is 0 Å². The SMILES string of the molecule is CCC[C@H]1CC(C)C(C)(C)[C@@H](C[C@@H]2O[C@H]3C[C@@H](C)[C@@H](CC)O[C@H]3C(C)[C@H]2C)O1. The van der Waals surface area contributed by atoms with E-state index in [-0.39, 0.29) is 29.8 Å². The van der Waals surface area contributed by atoms with Gasteiger partial charge in [0.05, 0.1) is 36.6 Å². The summed E-state index contributed by atoms with van der Waals surface area (Å²) in [5.41, 5.74) is 0.205. The van der Waals surface area contributed by atoms with Gasteiger partial charge in [0.2, 0.25) is 0 Å². The lowest BCUT2D eigenvalue weighted by atomic mass is 9.67. The zero-order valence-corrected chi connectivity index (χ0v) is 19.7. The van der Waals surface area contributed by atoms with Crippen molar-refractivity contribution in [1.82, 2.24) is 0 Å². The maximum Gasteiger partial charge on any atom is 0.0869 e. The highest BCUT2D eigenvalue weighted by Crippen LogP contribution is 2.47. The van der Waals surface area contributed by atoms with Gasteiger partial charge >= 0.3 is 0 Å². The Morgan fingerprint density at radius 1 is 0.857 bits per heavy atom. The number of hydrogen-bond acceptors (Lipinski definition) is 3. The molecule has 28 heavy (non-hydrogen) atoms. The standard InChI is InChI=1S/C25H46O3/c1-9-11-19-13-16(4)25(7,8)23(26-19)14-21-17(5)18(6)24-22(27-21)12-15(3)20(10-2)28-24/h15-24H,9-14H2,1-8H3/t15-,16?,17-,18?,19+,20-,21+,22+,23-,24+/m1/s1. The molecule has 3 rings (SSSR count). The van der Waals surface area contributed by atoms with Gasteiger partial charge in [-0.15, -0.1) is 0 Å². The lowest BCUT2D eigenvalue weighted by Gasteiger charge is -2.53. The third-order valence-corrected chi connectivity index (χ3v) is 8.75. The molecule has 0 aromatic heterocycles. The Balaban J connectivity index is 1.71. The summed E-state index contributed by atoms with van der Waals surface area (Å²) in [6.45, 7) is 18.8. The number of hydrogen-bond donors (Lipinski definition) is 0. The minimum Gasteiger partial charge on any atom is -0.374 e. The second-order valence-corrected chi connectivity index (χ2v) is 10.9. The summed E-state index contributed by atoms with van der Waals surface area (Å²) in [4.78, 5) is 0. The summed E-state index contributed by atoms with van der Waals surface area (Å²) in [7, 11) is 0. The van der Waals surface area contributed by atoms with E-state index in [0.717, 1.165) is 19.3 Å². The van der Waals surface area contributed by atoms with Crippen LogP contribution in [0.15, 0.2) is 0 Å². The highest BCUT2D eigenvalue weighted by atomic mass is 16.6. The summed E-state index contributed by atoms with van der Waals surface area (Å²) in [6, 6.07) is 0. The molecule has 3 nitrogen and oxygen atoms in total. The van der Waals surface area contributed by atoms with E-state index in [1.165, 1.54) is 19.3 Å². The second-order valence-electron chi connectivity index (χ2n) is 10.9. The molecule has 0 aromatic rings. The van der Waals surface area contributed by atoms with E-state index in [1.807, 2.05) is 0 Å². The van der Waals surface area contributed by atoms with Crippen molar-refractivity contribution in [3.8, 4) is 0 Å². The first-order valence-corrected chi connectivity index (χ1v) is 12.1. The Labute approximate surface area is 174 Å². The molecule has 3 heterocycles. The van der Waals surface area contributed by atoms with E-state index in [9.17, 15) is 0 Å². The Bertz CT molecular complexity index is 504. The van der Waals surface area contributed by atoms with E-state index in [1.54, 1.807) is 0 Å². The van der Waals surface area contributed by atoms with Crippen molar-refractivity contribution in [2.24, 2.45) is 29.1 Å². The minimum absolute atomic E-state index is 0.205. The highest BCUT2D eigenvalue weighted by Gasteiger charge is 2.49. The van der Waals surface area contributed by atoms with Crippen LogP contribution in [0.25, 0.3) is 0 Å². The topological polar surface area (TPSA) is 27.7 Å². The van der Waals surface area contributed by atoms with Crippen LogP contribution in [-0.2, 0) is 14.2 Å². The summed E-state index contributed by atoms with van der Waals surface area (Å²) in [5, 5.41) is 0. The molecule has 0 N–H and O–H groups in total. The van der Waals surface area contributed by atoms with Crippen LogP contribution in [0.3, 0.4) is 0 Å². The molecule has 0 spiro atoms. The van der Waals surface area contributed by atoms with E-state index >= 15 is 0 Å². The van der Waals surface area contributed by atoms with Crippen molar-refractivity contribution in [2.75, 3.05) is 0 Å². The molecular weight excluding hydrogens is 348 g/mol. The first kappa shape index (κ1) is 22.6. The predicted molar refractivity (Wildman–Crippen MR) is 115 cm³/mol. The molecule has 3 aliphatic heterocycles. The molecule has 0 bridgehead atoms. The third-order valence-electron chi connectivity index (χ3n) is 8.75. The zero-order valence-electron chi connectivity index (χ0n) is 19.7. The van der Waals surface area contributed by atoms with E-state index < -0.39 is 0 Å². The Morgan fingerprint density at radius 3 is 2.21 bits per heavy atom. The maximum atomic E-state index is 6.76. The third kappa shape index (κ3) is 4.32. The molecule has 2 unspecified atom stereocenters. The van der Waals surface area contributed by atoms with Gasteiger partial charge in [0.15, 0.2) is 0 Å². The summed E-state index contributed by atoms with van der Waals surface area (Å²) in [5.74, 6) is 2.33. The molecule has 164 valence electrons. The smallest absolute Gasteiger partial charge is 0.0869 e. The summed E-state index contributed by atoms with van der Waals surface area (Å²) < 4.78 is 20.0. The normalized spacial score (nSPS) is 48.9. The molecule has 3 aliphatic rings. The average molecular weight is 395 g/mol. The van der Waals surface area contributed by atoms with Crippen LogP contribution in [0, 0.1) is 29.1 Å². The van der Waals surface area contributed by atoms with Gasteiger partial charge in [-0.05, 0) is 54.8 Å². The Kier molecular flexibility index (Phi) is 7.20. The van der Waals surface area contributed by atoms with Crippen molar-refractivity contribution in [3.63, 3.8) is 0 Å². The molecule has 3 saturated heterocycles. The molecule has 0 aliphatic carbocycles. The van der Waals surface area contributed by atoms with Gasteiger partial charge in [-0.2, -0.15) is 0 Å². The molecule has 10 atom stereocenters. The Morgan fingerprint density at radius 2 is 1.57 bits per heavy atom. The number of fused-ring (bicyclic) bond motifs is 1. The lowest BCUT2D eigenvalue weighted by Crippen LogP contribution is -2.57. The zero-order chi connectivity index (χ0) is 20.6. The molecular formula is C25H46O3. The van der Waals surface area contributed by atoms with Crippen LogP contribution >= 0.6 is 0 Å². The largest absolute Gasteiger partial charge is 0.374 e. The van der Waals surface area contributed by atoms with Crippen LogP contribution in [0.2, 0.25) is 0 Å². The fourth-order valence-corrected chi connectivity index (χ4v) is 5.98. The summed E-state index contributed by atoms with van der Waals surface area (Å²) >= 11 is 0. The minimum atomic E-state index is 0.205. The summed E-state index contributed by atoms with van der Waals surface area (Å²) in [6.07, 6.45) is 8.76. The quantitative estimate of drug-likeness (QED) is 0.552. The van der Waals surface area contributed by atoms with Crippen molar-refractivity contribution in [2.45, 2.75) is 131 Å². The van der Waals surface area contributed by atoms with Crippen LogP contribution < -0.4 is 0 Å². The fraction of sp³-hybridized carbons (Fsp3) is 1.00. The van der Waals surface area contributed by atoms with Crippen LogP contribution in [0.5, 0.6) is 0 Å². The van der Waals surface area contributed by atoms with Crippen molar-refractivity contribution in [3.05, 3.63) is 0 Å². The van der Waals surface area contributed by atoms with E-state index in [0.29, 0.717) is 35.9 Å². The predicted octanol–water partition coefficient (Wildman–Crippen LogP) is 6.24. The van der Waals surface area contributed by atoms with Crippen molar-refractivity contribution >= 4 is 0 Å².